The first-order valence-electron chi connectivity index (χ1n) is 7.79. The van der Waals surface area contributed by atoms with Gasteiger partial charge >= 0.3 is 0 Å². The second kappa shape index (κ2) is 6.31. The normalized spacial score (nSPS) is 10.8. The number of carbonyl (C=O) groups is 1. The van der Waals surface area contributed by atoms with Gasteiger partial charge in [-0.05, 0) is 37.1 Å². The minimum atomic E-state index is 0.0552. The number of aromatic nitrogens is 3. The molecule has 0 atom stereocenters. The first kappa shape index (κ1) is 16.0. The van der Waals surface area contributed by atoms with Crippen molar-refractivity contribution in [2.45, 2.75) is 20.4 Å². The lowest BCUT2D eigenvalue weighted by molar-refractivity contribution is -0.129. The molecule has 0 fully saturated rings. The van der Waals surface area contributed by atoms with E-state index >= 15 is 0 Å². The van der Waals surface area contributed by atoms with Gasteiger partial charge in [-0.25, -0.2) is 4.98 Å². The maximum absolute atomic E-state index is 12.0. The number of hydrogen-bond acceptors (Lipinski definition) is 4. The van der Waals surface area contributed by atoms with Gasteiger partial charge < -0.3 is 14.8 Å². The number of nitrogens with zero attached hydrogens (tertiary/aromatic N) is 4. The van der Waals surface area contributed by atoms with Crippen LogP contribution in [-0.2, 0) is 11.3 Å². The molecular formula is C18H21N5O. The van der Waals surface area contributed by atoms with Crippen LogP contribution < -0.4 is 5.32 Å². The van der Waals surface area contributed by atoms with E-state index < -0.39 is 0 Å². The zero-order valence-electron chi connectivity index (χ0n) is 14.4. The molecule has 24 heavy (non-hydrogen) atoms. The molecule has 1 N–H and O–H groups in total. The molecule has 3 heterocycles. The van der Waals surface area contributed by atoms with Crippen molar-refractivity contribution in [3.63, 3.8) is 0 Å². The first-order valence-corrected chi connectivity index (χ1v) is 7.79. The van der Waals surface area contributed by atoms with Crippen LogP contribution in [0.25, 0.3) is 10.9 Å². The number of fused-ring (bicyclic) bond motifs is 1. The van der Waals surface area contributed by atoms with Crippen LogP contribution in [-0.4, -0.2) is 39.4 Å². The lowest BCUT2D eigenvalue weighted by Crippen LogP contribution is -2.25. The van der Waals surface area contributed by atoms with Gasteiger partial charge in [0.05, 0.1) is 5.52 Å². The van der Waals surface area contributed by atoms with Gasteiger partial charge in [-0.15, -0.1) is 0 Å². The zero-order chi connectivity index (χ0) is 17.3. The van der Waals surface area contributed by atoms with E-state index in [1.807, 2.05) is 49.1 Å². The molecule has 0 bridgehead atoms. The monoisotopic (exact) mass is 323 g/mol. The molecule has 0 aromatic carbocycles. The predicted octanol–water partition coefficient (Wildman–Crippen LogP) is 2.88. The summed E-state index contributed by atoms with van der Waals surface area (Å²) in [5.74, 6) is 0.834. The summed E-state index contributed by atoms with van der Waals surface area (Å²) in [5, 5.41) is 4.40. The van der Waals surface area contributed by atoms with Crippen LogP contribution in [0.5, 0.6) is 0 Å². The van der Waals surface area contributed by atoms with Crippen molar-refractivity contribution < 1.29 is 4.79 Å². The van der Waals surface area contributed by atoms with E-state index in [0.29, 0.717) is 6.54 Å². The van der Waals surface area contributed by atoms with Crippen molar-refractivity contribution >= 4 is 28.3 Å². The molecule has 3 rings (SSSR count). The Bertz CT molecular complexity index is 877. The van der Waals surface area contributed by atoms with Gasteiger partial charge in [-0.3, -0.25) is 9.78 Å². The first-order chi connectivity index (χ1) is 11.5. The van der Waals surface area contributed by atoms with Crippen molar-refractivity contribution in [2.24, 2.45) is 0 Å². The fourth-order valence-corrected chi connectivity index (χ4v) is 2.66. The largest absolute Gasteiger partial charge is 0.347 e. The lowest BCUT2D eigenvalue weighted by atomic mass is 10.1. The molecule has 0 aliphatic carbocycles. The number of likely N-dealkylation sites (N-methyl/N-ethyl adjacent to an activating group) is 1. The molecule has 0 unspecified atom stereocenters. The fraction of sp³-hybridized carbons (Fsp3) is 0.278. The summed E-state index contributed by atoms with van der Waals surface area (Å²) in [6.45, 7) is 4.35. The van der Waals surface area contributed by atoms with Crippen LogP contribution in [0.3, 0.4) is 0 Å². The van der Waals surface area contributed by atoms with Crippen LogP contribution >= 0.6 is 0 Å². The quantitative estimate of drug-likeness (QED) is 0.802. The smallest absolute Gasteiger partial charge is 0.241 e. The molecule has 3 aromatic rings. The number of hydrogen-bond donors (Lipinski definition) is 1. The molecule has 0 saturated carbocycles. The molecular weight excluding hydrogens is 302 g/mol. The van der Waals surface area contributed by atoms with E-state index in [1.54, 1.807) is 25.2 Å². The molecule has 0 aliphatic rings. The SMILES string of the molecule is Cc1cncc(C)c1Nc1nccc2c1ccn2CC(=O)N(C)C. The van der Waals surface area contributed by atoms with E-state index in [0.717, 1.165) is 33.5 Å². The van der Waals surface area contributed by atoms with Gasteiger partial charge in [0.1, 0.15) is 12.4 Å². The van der Waals surface area contributed by atoms with Crippen LogP contribution in [0, 0.1) is 13.8 Å². The summed E-state index contributed by atoms with van der Waals surface area (Å²) < 4.78 is 1.94. The van der Waals surface area contributed by atoms with Crippen molar-refractivity contribution in [3.05, 3.63) is 48.0 Å². The number of carbonyl (C=O) groups excluding carboxylic acids is 1. The van der Waals surface area contributed by atoms with Crippen molar-refractivity contribution in [3.8, 4) is 0 Å². The third kappa shape index (κ3) is 2.95. The van der Waals surface area contributed by atoms with Crippen LogP contribution in [0.15, 0.2) is 36.9 Å². The Hall–Kier alpha value is -2.89. The molecule has 0 saturated heterocycles. The maximum atomic E-state index is 12.0. The van der Waals surface area contributed by atoms with Crippen LogP contribution in [0.4, 0.5) is 11.5 Å². The highest BCUT2D eigenvalue weighted by Crippen LogP contribution is 2.28. The summed E-state index contributed by atoms with van der Waals surface area (Å²) in [6.07, 6.45) is 7.34. The second-order valence-electron chi connectivity index (χ2n) is 6.10. The Morgan fingerprint density at radius 2 is 1.92 bits per heavy atom. The van der Waals surface area contributed by atoms with Gasteiger partial charge in [0, 0.05) is 50.0 Å². The number of pyridine rings is 2. The van der Waals surface area contributed by atoms with E-state index in [1.165, 1.54) is 0 Å². The average Bonchev–Trinajstić information content (AvgIpc) is 2.95. The van der Waals surface area contributed by atoms with Crippen LogP contribution in [0.2, 0.25) is 0 Å². The Balaban J connectivity index is 1.99. The molecule has 0 spiro atoms. The van der Waals surface area contributed by atoms with Crippen molar-refractivity contribution in [1.82, 2.24) is 19.4 Å². The van der Waals surface area contributed by atoms with Gasteiger partial charge in [0.2, 0.25) is 5.91 Å². The number of rotatable bonds is 4. The minimum absolute atomic E-state index is 0.0552. The van der Waals surface area contributed by atoms with Crippen molar-refractivity contribution in [1.29, 1.82) is 0 Å². The fourth-order valence-electron chi connectivity index (χ4n) is 2.66. The highest BCUT2D eigenvalue weighted by atomic mass is 16.2. The Morgan fingerprint density at radius 3 is 2.58 bits per heavy atom. The van der Waals surface area contributed by atoms with E-state index in [4.69, 9.17) is 0 Å². The minimum Gasteiger partial charge on any atom is -0.347 e. The third-order valence-corrected chi connectivity index (χ3v) is 4.07. The summed E-state index contributed by atoms with van der Waals surface area (Å²) in [4.78, 5) is 22.2. The second-order valence-corrected chi connectivity index (χ2v) is 6.10. The highest BCUT2D eigenvalue weighted by Gasteiger charge is 2.12. The highest BCUT2D eigenvalue weighted by molar-refractivity contribution is 5.93. The zero-order valence-corrected chi connectivity index (χ0v) is 14.4. The van der Waals surface area contributed by atoms with E-state index in [-0.39, 0.29) is 5.91 Å². The van der Waals surface area contributed by atoms with Gasteiger partial charge in [-0.1, -0.05) is 0 Å². The van der Waals surface area contributed by atoms with Gasteiger partial charge in [0.15, 0.2) is 0 Å². The standard InChI is InChI=1S/C18H21N5O/c1-12-9-19-10-13(2)17(12)21-18-14-6-8-23(11-16(24)22(3)4)15(14)5-7-20-18/h5-10H,11H2,1-4H3,(H,19,20,21). The summed E-state index contributed by atoms with van der Waals surface area (Å²) in [7, 11) is 3.52. The Labute approximate surface area is 141 Å². The molecule has 6 heteroatoms. The van der Waals surface area contributed by atoms with Crippen molar-refractivity contribution in [2.75, 3.05) is 19.4 Å². The number of amides is 1. The lowest BCUT2D eigenvalue weighted by Gasteiger charge is -2.13. The molecule has 0 aliphatic heterocycles. The summed E-state index contributed by atoms with van der Waals surface area (Å²) in [6, 6.07) is 3.91. The number of anilines is 2. The molecule has 0 radical (unpaired) electrons. The van der Waals surface area contributed by atoms with E-state index in [2.05, 4.69) is 15.3 Å². The predicted molar refractivity (Wildman–Crippen MR) is 95.4 cm³/mol. The van der Waals surface area contributed by atoms with Gasteiger partial charge in [-0.2, -0.15) is 0 Å². The Morgan fingerprint density at radius 1 is 1.21 bits per heavy atom. The number of aryl methyl sites for hydroxylation is 2. The van der Waals surface area contributed by atoms with E-state index in [9.17, 15) is 4.79 Å². The third-order valence-electron chi connectivity index (χ3n) is 4.07. The van der Waals surface area contributed by atoms with Crippen LogP contribution in [0.1, 0.15) is 11.1 Å². The molecule has 1 amide bonds. The summed E-state index contributed by atoms with van der Waals surface area (Å²) in [5.41, 5.74) is 4.13. The van der Waals surface area contributed by atoms with Gasteiger partial charge in [0.25, 0.3) is 0 Å². The maximum Gasteiger partial charge on any atom is 0.241 e. The molecule has 124 valence electrons. The summed E-state index contributed by atoms with van der Waals surface area (Å²) >= 11 is 0. The average molecular weight is 323 g/mol. The molecule has 3 aromatic heterocycles. The molecule has 6 nitrogen and oxygen atoms in total. The number of nitrogens with one attached hydrogen (secondary N) is 1. The Kier molecular flexibility index (Phi) is 4.20. The topological polar surface area (TPSA) is 63.1 Å².